The first-order valence-electron chi connectivity index (χ1n) is 5.56. The molecule has 0 bridgehead atoms. The SMILES string of the molecule is C=C/C=C\C[C@@H](C)[C@@H](O)[C@H]1C(=O)CC1C. The van der Waals surface area contributed by atoms with Gasteiger partial charge in [0.15, 0.2) is 0 Å². The normalized spacial score (nSPS) is 29.9. The molecule has 1 saturated carbocycles. The molecule has 0 amide bonds. The number of allylic oxidation sites excluding steroid dienone is 3. The molecule has 2 heteroatoms. The molecule has 0 aliphatic heterocycles. The van der Waals surface area contributed by atoms with Crippen molar-refractivity contribution in [1.29, 1.82) is 0 Å². The summed E-state index contributed by atoms with van der Waals surface area (Å²) in [7, 11) is 0. The molecule has 1 aliphatic carbocycles. The van der Waals surface area contributed by atoms with Gasteiger partial charge in [0.2, 0.25) is 0 Å². The predicted octanol–water partition coefficient (Wildman–Crippen LogP) is 2.34. The van der Waals surface area contributed by atoms with Crippen molar-refractivity contribution in [3.8, 4) is 0 Å². The van der Waals surface area contributed by atoms with E-state index in [1.165, 1.54) is 0 Å². The van der Waals surface area contributed by atoms with E-state index in [-0.39, 0.29) is 17.6 Å². The van der Waals surface area contributed by atoms with Crippen LogP contribution in [0.4, 0.5) is 0 Å². The Kier molecular flexibility index (Phi) is 4.28. The van der Waals surface area contributed by atoms with Gasteiger partial charge >= 0.3 is 0 Å². The minimum atomic E-state index is -0.490. The van der Waals surface area contributed by atoms with Crippen LogP contribution < -0.4 is 0 Å². The van der Waals surface area contributed by atoms with Crippen molar-refractivity contribution in [2.75, 3.05) is 0 Å². The van der Waals surface area contributed by atoms with Gasteiger partial charge in [-0.1, -0.05) is 38.7 Å². The molecule has 0 radical (unpaired) electrons. The van der Waals surface area contributed by atoms with E-state index in [4.69, 9.17) is 0 Å². The highest BCUT2D eigenvalue weighted by Gasteiger charge is 2.42. The number of carbonyl (C=O) groups is 1. The zero-order chi connectivity index (χ0) is 11.4. The van der Waals surface area contributed by atoms with Crippen LogP contribution in [0.2, 0.25) is 0 Å². The first kappa shape index (κ1) is 12.2. The molecule has 1 N–H and O–H groups in total. The van der Waals surface area contributed by atoms with Gasteiger partial charge in [0, 0.05) is 12.3 Å². The number of rotatable bonds is 5. The predicted molar refractivity (Wildman–Crippen MR) is 61.4 cm³/mol. The van der Waals surface area contributed by atoms with Gasteiger partial charge in [-0.05, 0) is 18.3 Å². The van der Waals surface area contributed by atoms with Crippen LogP contribution in [0.5, 0.6) is 0 Å². The Labute approximate surface area is 91.7 Å². The average molecular weight is 208 g/mol. The minimum absolute atomic E-state index is 0.128. The maximum absolute atomic E-state index is 11.3. The van der Waals surface area contributed by atoms with Crippen LogP contribution in [0.3, 0.4) is 0 Å². The van der Waals surface area contributed by atoms with E-state index in [0.29, 0.717) is 12.3 Å². The third-order valence-electron chi connectivity index (χ3n) is 3.24. The third kappa shape index (κ3) is 2.78. The van der Waals surface area contributed by atoms with Crippen molar-refractivity contribution in [3.05, 3.63) is 24.8 Å². The Balaban J connectivity index is 2.44. The average Bonchev–Trinajstić information content (AvgIpc) is 2.17. The first-order chi connectivity index (χ1) is 7.07. The van der Waals surface area contributed by atoms with Gasteiger partial charge in [-0.25, -0.2) is 0 Å². The van der Waals surface area contributed by atoms with Gasteiger partial charge in [-0.2, -0.15) is 0 Å². The van der Waals surface area contributed by atoms with Gasteiger partial charge in [-0.15, -0.1) is 0 Å². The van der Waals surface area contributed by atoms with Crippen LogP contribution >= 0.6 is 0 Å². The summed E-state index contributed by atoms with van der Waals surface area (Å²) in [5, 5.41) is 10.00. The molecule has 2 nitrogen and oxygen atoms in total. The molecule has 84 valence electrons. The molecule has 1 aliphatic rings. The largest absolute Gasteiger partial charge is 0.392 e. The summed E-state index contributed by atoms with van der Waals surface area (Å²) in [4.78, 5) is 11.3. The summed E-state index contributed by atoms with van der Waals surface area (Å²) in [6, 6.07) is 0. The Morgan fingerprint density at radius 2 is 2.33 bits per heavy atom. The van der Waals surface area contributed by atoms with Gasteiger partial charge in [0.25, 0.3) is 0 Å². The fraction of sp³-hybridized carbons (Fsp3) is 0.615. The maximum Gasteiger partial charge on any atom is 0.139 e. The van der Waals surface area contributed by atoms with E-state index < -0.39 is 6.10 Å². The molecule has 1 fully saturated rings. The number of Topliss-reactive ketones (excluding diaryl/α,β-unsaturated/α-hetero) is 1. The Bertz CT molecular complexity index is 268. The minimum Gasteiger partial charge on any atom is -0.392 e. The van der Waals surface area contributed by atoms with Crippen molar-refractivity contribution in [1.82, 2.24) is 0 Å². The smallest absolute Gasteiger partial charge is 0.139 e. The summed E-state index contributed by atoms with van der Waals surface area (Å²) in [5.41, 5.74) is 0. The Morgan fingerprint density at radius 1 is 1.67 bits per heavy atom. The molecule has 1 unspecified atom stereocenters. The topological polar surface area (TPSA) is 37.3 Å². The monoisotopic (exact) mass is 208 g/mol. The van der Waals surface area contributed by atoms with E-state index in [2.05, 4.69) is 6.58 Å². The quantitative estimate of drug-likeness (QED) is 0.704. The zero-order valence-electron chi connectivity index (χ0n) is 9.52. The fourth-order valence-electron chi connectivity index (χ4n) is 2.15. The standard InChI is InChI=1S/C13H20O2/c1-4-5-6-7-9(2)13(15)12-10(3)8-11(12)14/h4-6,9-10,12-13,15H,1,7-8H2,2-3H3/b6-5-/t9-,10?,12-,13-/m1/s1. The summed E-state index contributed by atoms with van der Waals surface area (Å²) in [5.74, 6) is 0.572. The molecular formula is C13H20O2. The number of aliphatic hydroxyl groups excluding tert-OH is 1. The maximum atomic E-state index is 11.3. The molecule has 0 spiro atoms. The number of aliphatic hydroxyl groups is 1. The van der Waals surface area contributed by atoms with E-state index in [9.17, 15) is 9.90 Å². The highest BCUT2D eigenvalue weighted by molar-refractivity contribution is 5.87. The zero-order valence-corrected chi connectivity index (χ0v) is 9.52. The van der Waals surface area contributed by atoms with Crippen molar-refractivity contribution in [2.24, 2.45) is 17.8 Å². The molecule has 15 heavy (non-hydrogen) atoms. The summed E-state index contributed by atoms with van der Waals surface area (Å²) >= 11 is 0. The number of hydrogen-bond donors (Lipinski definition) is 1. The lowest BCUT2D eigenvalue weighted by Gasteiger charge is -2.38. The van der Waals surface area contributed by atoms with Crippen molar-refractivity contribution >= 4 is 5.78 Å². The third-order valence-corrected chi connectivity index (χ3v) is 3.24. The van der Waals surface area contributed by atoms with Crippen LogP contribution in [-0.4, -0.2) is 17.0 Å². The van der Waals surface area contributed by atoms with E-state index >= 15 is 0 Å². The second-order valence-electron chi connectivity index (χ2n) is 4.54. The van der Waals surface area contributed by atoms with Gasteiger partial charge in [0.05, 0.1) is 6.10 Å². The second-order valence-corrected chi connectivity index (χ2v) is 4.54. The first-order valence-corrected chi connectivity index (χ1v) is 5.56. The number of carbonyl (C=O) groups excluding carboxylic acids is 1. The van der Waals surface area contributed by atoms with Gasteiger partial charge < -0.3 is 5.11 Å². The van der Waals surface area contributed by atoms with Crippen LogP contribution in [0.15, 0.2) is 24.8 Å². The molecule has 0 aromatic rings. The lowest BCUT2D eigenvalue weighted by atomic mass is 9.67. The number of hydrogen-bond acceptors (Lipinski definition) is 2. The van der Waals surface area contributed by atoms with Gasteiger partial charge in [0.1, 0.15) is 5.78 Å². The van der Waals surface area contributed by atoms with Crippen LogP contribution in [0.1, 0.15) is 26.7 Å². The molecule has 0 saturated heterocycles. The molecule has 0 heterocycles. The molecule has 4 atom stereocenters. The van der Waals surface area contributed by atoms with E-state index in [1.807, 2.05) is 26.0 Å². The highest BCUT2D eigenvalue weighted by atomic mass is 16.3. The molecular weight excluding hydrogens is 188 g/mol. The van der Waals surface area contributed by atoms with Gasteiger partial charge in [-0.3, -0.25) is 4.79 Å². The van der Waals surface area contributed by atoms with E-state index in [0.717, 1.165) is 6.42 Å². The van der Waals surface area contributed by atoms with Crippen LogP contribution in [0.25, 0.3) is 0 Å². The molecule has 1 rings (SSSR count). The van der Waals surface area contributed by atoms with Crippen molar-refractivity contribution in [3.63, 3.8) is 0 Å². The fourth-order valence-corrected chi connectivity index (χ4v) is 2.15. The summed E-state index contributed by atoms with van der Waals surface area (Å²) in [6.07, 6.45) is 6.51. The highest BCUT2D eigenvalue weighted by Crippen LogP contribution is 2.36. The van der Waals surface area contributed by atoms with Crippen LogP contribution in [0, 0.1) is 17.8 Å². The Hall–Kier alpha value is -0.890. The second kappa shape index (κ2) is 5.26. The number of ketones is 1. The molecule has 0 aromatic carbocycles. The van der Waals surface area contributed by atoms with Crippen LogP contribution in [-0.2, 0) is 4.79 Å². The summed E-state index contributed by atoms with van der Waals surface area (Å²) in [6.45, 7) is 7.60. The Morgan fingerprint density at radius 3 is 2.80 bits per heavy atom. The lowest BCUT2D eigenvalue weighted by Crippen LogP contribution is -2.46. The lowest BCUT2D eigenvalue weighted by molar-refractivity contribution is -0.142. The van der Waals surface area contributed by atoms with Crippen molar-refractivity contribution in [2.45, 2.75) is 32.8 Å². The summed E-state index contributed by atoms with van der Waals surface area (Å²) < 4.78 is 0. The van der Waals surface area contributed by atoms with E-state index in [1.54, 1.807) is 6.08 Å². The molecule has 0 aromatic heterocycles. The van der Waals surface area contributed by atoms with Crippen molar-refractivity contribution < 1.29 is 9.90 Å².